The van der Waals surface area contributed by atoms with E-state index in [-0.39, 0.29) is 0 Å². The quantitative estimate of drug-likeness (QED) is 0.122. The fraction of sp³-hybridized carbons (Fsp3) is 0. The van der Waals surface area contributed by atoms with Gasteiger partial charge in [-0.2, -0.15) is 0 Å². The predicted molar refractivity (Wildman–Crippen MR) is 465 cm³/mol. The Morgan fingerprint density at radius 3 is 0.955 bits per heavy atom. The monoisotopic (exact) mass is 1430 g/mol. The summed E-state index contributed by atoms with van der Waals surface area (Å²) in [6.45, 7) is 0. The topological polar surface area (TPSA) is 71.3 Å². The summed E-state index contributed by atoms with van der Waals surface area (Å²) < 4.78 is 9.41. The summed E-state index contributed by atoms with van der Waals surface area (Å²) in [6.07, 6.45) is 0. The molecule has 8 heteroatoms. The number of rotatable bonds is 12. The molecule has 0 aliphatic carbocycles. The maximum absolute atomic E-state index is 5.48. The lowest BCUT2D eigenvalue weighted by Gasteiger charge is -2.14. The highest BCUT2D eigenvalue weighted by molar-refractivity contribution is 6.27. The van der Waals surface area contributed by atoms with Gasteiger partial charge >= 0.3 is 0 Å². The summed E-state index contributed by atoms with van der Waals surface area (Å²) in [6, 6.07) is 146. The van der Waals surface area contributed by atoms with Crippen LogP contribution in [0.3, 0.4) is 0 Å². The molecule has 0 aliphatic heterocycles. The fourth-order valence-electron chi connectivity index (χ4n) is 16.7. The molecule has 0 aliphatic rings. The Kier molecular flexibility index (Phi) is 16.1. The Bertz CT molecular complexity index is 7230. The molecule has 22 rings (SSSR count). The number of hydrogen-bond acceptors (Lipinski definition) is 4. The second kappa shape index (κ2) is 27.6. The van der Waals surface area contributed by atoms with Crippen LogP contribution in [0.25, 0.3) is 200 Å². The summed E-state index contributed by atoms with van der Waals surface area (Å²) in [5.41, 5.74) is 27.1. The maximum atomic E-state index is 5.48. The molecule has 0 amide bonds. The van der Waals surface area contributed by atoms with E-state index in [1.54, 1.807) is 0 Å². The predicted octanol–water partition coefficient (Wildman–Crippen LogP) is 26.7. The molecular weight excluding hydrogens is 1360 g/mol. The third kappa shape index (κ3) is 11.4. The summed E-state index contributed by atoms with van der Waals surface area (Å²) in [4.78, 5) is 21.7. The molecule has 0 unspecified atom stereocenters. The highest BCUT2D eigenvalue weighted by Crippen LogP contribution is 2.46. The van der Waals surface area contributed by atoms with Gasteiger partial charge in [-0.25, -0.2) is 19.9 Å². The van der Waals surface area contributed by atoms with Crippen molar-refractivity contribution < 1.29 is 0 Å². The summed E-state index contributed by atoms with van der Waals surface area (Å²) in [5, 5.41) is 9.44. The van der Waals surface area contributed by atoms with Crippen LogP contribution in [-0.2, 0) is 0 Å². The third-order valence-electron chi connectivity index (χ3n) is 21.9. The largest absolute Gasteiger partial charge is 0.309 e. The molecule has 0 radical (unpaired) electrons. The first-order valence-electron chi connectivity index (χ1n) is 38.0. The molecule has 112 heavy (non-hydrogen) atoms. The van der Waals surface area contributed by atoms with Gasteiger partial charge in [-0.15, -0.1) is 0 Å². The van der Waals surface area contributed by atoms with E-state index >= 15 is 0 Å². The van der Waals surface area contributed by atoms with Gasteiger partial charge < -0.3 is 9.13 Å². The molecule has 22 aromatic rings. The summed E-state index contributed by atoms with van der Waals surface area (Å²) >= 11 is 0. The fourth-order valence-corrected chi connectivity index (χ4v) is 16.7. The van der Waals surface area contributed by atoms with Gasteiger partial charge in [0, 0.05) is 82.8 Å². The van der Waals surface area contributed by atoms with E-state index in [2.05, 4.69) is 431 Å². The minimum absolute atomic E-state index is 0.630. The van der Waals surface area contributed by atoms with Gasteiger partial charge in [-0.1, -0.05) is 322 Å². The van der Waals surface area contributed by atoms with Crippen molar-refractivity contribution in [1.29, 1.82) is 0 Å². The summed E-state index contributed by atoms with van der Waals surface area (Å²) in [7, 11) is 0. The number of benzene rings is 16. The number of para-hydroxylation sites is 6. The van der Waals surface area contributed by atoms with Crippen molar-refractivity contribution >= 4 is 87.2 Å². The van der Waals surface area contributed by atoms with Crippen LogP contribution in [-0.4, -0.2) is 38.2 Å². The second-order valence-electron chi connectivity index (χ2n) is 28.5. The van der Waals surface area contributed by atoms with Gasteiger partial charge in [-0.3, -0.25) is 9.13 Å². The second-order valence-corrected chi connectivity index (χ2v) is 28.5. The SMILES string of the molecule is c1ccc(-c2ccc(-c3cc(-c4cccc(-c5ccccc5)c4)nc(-n4c5ccccc5c5ccc6c(c7ccccc7n6-c6ccccc6)c54)n3)cc2)cc1.c1ccc(-c2cccc(-c3cc(-n4c5ccccc5c5ccc6c(c7ccccc7n6-c6ccccc6)c54)nc(-c4cccc(-c5ccccc5)c4)n3)c2)cc1. The van der Waals surface area contributed by atoms with E-state index < -0.39 is 0 Å². The van der Waals surface area contributed by atoms with E-state index in [1.807, 2.05) is 0 Å². The van der Waals surface area contributed by atoms with Crippen LogP contribution in [0.5, 0.6) is 0 Å². The average Bonchev–Trinajstić information content (AvgIpc) is 1.55. The van der Waals surface area contributed by atoms with Gasteiger partial charge in [0.05, 0.1) is 61.2 Å². The van der Waals surface area contributed by atoms with Crippen LogP contribution in [0.4, 0.5) is 0 Å². The zero-order chi connectivity index (χ0) is 74.0. The van der Waals surface area contributed by atoms with Crippen molar-refractivity contribution in [2.45, 2.75) is 0 Å². The first kappa shape index (κ1) is 65.2. The zero-order valence-electron chi connectivity index (χ0n) is 60.8. The van der Waals surface area contributed by atoms with Crippen molar-refractivity contribution in [3.63, 3.8) is 0 Å². The van der Waals surface area contributed by atoms with E-state index in [0.29, 0.717) is 11.8 Å². The van der Waals surface area contributed by atoms with E-state index in [1.165, 1.54) is 54.6 Å². The smallest absolute Gasteiger partial charge is 0.235 e. The molecular formula is C104H68N8. The highest BCUT2D eigenvalue weighted by Gasteiger charge is 2.26. The number of nitrogens with zero attached hydrogens (tertiary/aromatic N) is 8. The molecule has 0 N–H and O–H groups in total. The Labute approximate surface area is 646 Å². The third-order valence-corrected chi connectivity index (χ3v) is 21.9. The molecule has 16 aromatic carbocycles. The van der Waals surface area contributed by atoms with Gasteiger partial charge in [-0.05, 0) is 129 Å². The van der Waals surface area contributed by atoms with Gasteiger partial charge in [0.25, 0.3) is 0 Å². The van der Waals surface area contributed by atoms with Crippen LogP contribution >= 0.6 is 0 Å². The van der Waals surface area contributed by atoms with Crippen LogP contribution in [0.2, 0.25) is 0 Å². The Hall–Kier alpha value is -15.1. The van der Waals surface area contributed by atoms with Crippen LogP contribution in [0.1, 0.15) is 0 Å². The molecule has 8 nitrogen and oxygen atoms in total. The minimum atomic E-state index is 0.630. The van der Waals surface area contributed by atoms with Crippen molar-refractivity contribution in [3.8, 4) is 113 Å². The van der Waals surface area contributed by atoms with Gasteiger partial charge in [0.15, 0.2) is 5.82 Å². The van der Waals surface area contributed by atoms with Crippen LogP contribution in [0.15, 0.2) is 413 Å². The zero-order valence-corrected chi connectivity index (χ0v) is 60.8. The van der Waals surface area contributed by atoms with Crippen LogP contribution in [0, 0.1) is 0 Å². The number of hydrogen-bond donors (Lipinski definition) is 0. The average molecular weight is 1430 g/mol. The van der Waals surface area contributed by atoms with Crippen LogP contribution < -0.4 is 0 Å². The number of aromatic nitrogens is 8. The van der Waals surface area contributed by atoms with Gasteiger partial charge in [0.2, 0.25) is 5.95 Å². The van der Waals surface area contributed by atoms with Crippen molar-refractivity contribution in [3.05, 3.63) is 413 Å². The Morgan fingerprint density at radius 2 is 0.491 bits per heavy atom. The lowest BCUT2D eigenvalue weighted by atomic mass is 10.00. The van der Waals surface area contributed by atoms with E-state index in [0.717, 1.165) is 134 Å². The van der Waals surface area contributed by atoms with E-state index in [4.69, 9.17) is 19.9 Å². The lowest BCUT2D eigenvalue weighted by Crippen LogP contribution is -2.04. The first-order valence-corrected chi connectivity index (χ1v) is 38.0. The molecule has 6 heterocycles. The molecule has 6 aromatic heterocycles. The Balaban J connectivity index is 0.000000141. The van der Waals surface area contributed by atoms with Gasteiger partial charge in [0.1, 0.15) is 5.82 Å². The molecule has 0 saturated heterocycles. The molecule has 0 bridgehead atoms. The highest BCUT2D eigenvalue weighted by atomic mass is 15.2. The lowest BCUT2D eigenvalue weighted by molar-refractivity contribution is 0.998. The first-order chi connectivity index (χ1) is 55.6. The molecule has 0 fully saturated rings. The van der Waals surface area contributed by atoms with Crippen molar-refractivity contribution in [2.24, 2.45) is 0 Å². The van der Waals surface area contributed by atoms with E-state index in [9.17, 15) is 0 Å². The molecule has 0 spiro atoms. The molecule has 524 valence electrons. The van der Waals surface area contributed by atoms with Crippen molar-refractivity contribution in [1.82, 2.24) is 38.2 Å². The van der Waals surface area contributed by atoms with Crippen molar-refractivity contribution in [2.75, 3.05) is 0 Å². The Morgan fingerprint density at radius 1 is 0.170 bits per heavy atom. The number of fused-ring (bicyclic) bond motifs is 14. The molecule has 0 saturated carbocycles. The normalized spacial score (nSPS) is 11.6. The summed E-state index contributed by atoms with van der Waals surface area (Å²) in [5.74, 6) is 2.12. The standard InChI is InChI=1S/2C52H34N4/c1-4-16-35(17-5-1)37-20-14-22-39(32-37)45-34-49(54-52(53-45)40-23-15-21-38(33-40)36-18-6-2-7-19-36)56-46-28-12-10-26-42(46)43-30-31-48-50(51(43)56)44-27-11-13-29-47(44)55(48)41-24-8-3-9-25-41;1-4-15-35(16-5-1)37-27-29-38(30-28-37)45-34-46(40-20-14-19-39(33-40)36-17-6-2-7-18-36)54-52(53-45)56-47-25-12-10-23-42(47)43-31-32-49-50(51(43)56)44-24-11-13-26-48(44)55(49)41-21-8-3-9-22-41/h2*1-34H. The minimum Gasteiger partial charge on any atom is -0.309 e. The maximum Gasteiger partial charge on any atom is 0.235 e. The molecule has 0 atom stereocenters.